The fourth-order valence-corrected chi connectivity index (χ4v) is 1.26. The van der Waals surface area contributed by atoms with Gasteiger partial charge in [0.15, 0.2) is 0 Å². The molecule has 0 radical (unpaired) electrons. The van der Waals surface area contributed by atoms with Gasteiger partial charge < -0.3 is 10.2 Å². The van der Waals surface area contributed by atoms with E-state index in [4.69, 9.17) is 5.26 Å². The van der Waals surface area contributed by atoms with Gasteiger partial charge in [-0.15, -0.1) is 0 Å². The molecule has 0 bridgehead atoms. The normalized spacial score (nSPS) is 21.3. The number of nitrogens with one attached hydrogen (secondary N) is 1. The number of nitrogens with zero attached hydrogens (tertiary/aromatic N) is 2. The second-order valence-corrected chi connectivity index (χ2v) is 4.62. The molecule has 14 heavy (non-hydrogen) atoms. The first kappa shape index (κ1) is 11.0. The van der Waals surface area contributed by atoms with Crippen LogP contribution in [0.4, 0.5) is 0 Å². The number of rotatable bonds is 2. The van der Waals surface area contributed by atoms with E-state index in [1.807, 2.05) is 20.8 Å². The maximum Gasteiger partial charge on any atom is 0.237 e. The minimum Gasteiger partial charge on any atom is -0.325 e. The zero-order valence-corrected chi connectivity index (χ0v) is 9.00. The molecular formula is C10H17N3O. The molecule has 1 aliphatic heterocycles. The van der Waals surface area contributed by atoms with Crippen molar-refractivity contribution >= 4 is 5.91 Å². The molecule has 1 atom stereocenters. The number of nitriles is 1. The first-order chi connectivity index (χ1) is 6.44. The Kier molecular flexibility index (Phi) is 3.12. The lowest BCUT2D eigenvalue weighted by Crippen LogP contribution is -2.54. The molecule has 1 fully saturated rings. The Morgan fingerprint density at radius 2 is 2.29 bits per heavy atom. The third-order valence-corrected chi connectivity index (χ3v) is 2.26. The summed E-state index contributed by atoms with van der Waals surface area (Å²) in [5.41, 5.74) is -0.0529. The zero-order valence-electron chi connectivity index (χ0n) is 9.00. The first-order valence-corrected chi connectivity index (χ1v) is 4.88. The molecule has 4 nitrogen and oxygen atoms in total. The van der Waals surface area contributed by atoms with E-state index in [0.717, 1.165) is 13.0 Å². The van der Waals surface area contributed by atoms with Gasteiger partial charge in [0.2, 0.25) is 5.91 Å². The van der Waals surface area contributed by atoms with Gasteiger partial charge in [0.1, 0.15) is 6.04 Å². The van der Waals surface area contributed by atoms with Crippen molar-refractivity contribution in [1.29, 1.82) is 5.26 Å². The van der Waals surface area contributed by atoms with Crippen LogP contribution < -0.4 is 5.32 Å². The van der Waals surface area contributed by atoms with Gasteiger partial charge in [0.25, 0.3) is 0 Å². The topological polar surface area (TPSA) is 56.1 Å². The average molecular weight is 195 g/mol. The second kappa shape index (κ2) is 3.97. The van der Waals surface area contributed by atoms with Gasteiger partial charge in [-0.3, -0.25) is 4.79 Å². The van der Waals surface area contributed by atoms with Crippen LogP contribution in [-0.4, -0.2) is 35.5 Å². The van der Waals surface area contributed by atoms with Crippen LogP contribution in [0.3, 0.4) is 0 Å². The van der Waals surface area contributed by atoms with Gasteiger partial charge in [-0.1, -0.05) is 0 Å². The molecule has 0 aromatic carbocycles. The van der Waals surface area contributed by atoms with Crippen LogP contribution in [0.2, 0.25) is 0 Å². The summed E-state index contributed by atoms with van der Waals surface area (Å²) in [7, 11) is 0. The number of carbonyl (C=O) groups is 1. The minimum atomic E-state index is -0.190. The predicted molar refractivity (Wildman–Crippen MR) is 53.5 cm³/mol. The summed E-state index contributed by atoms with van der Waals surface area (Å²) in [6.07, 6.45) is 0.817. The maximum atomic E-state index is 11.6. The lowest BCUT2D eigenvalue weighted by molar-refractivity contribution is -0.136. The third kappa shape index (κ3) is 2.71. The van der Waals surface area contributed by atoms with E-state index < -0.39 is 0 Å². The monoisotopic (exact) mass is 195 g/mol. The second-order valence-electron chi connectivity index (χ2n) is 4.62. The van der Waals surface area contributed by atoms with E-state index in [-0.39, 0.29) is 17.5 Å². The Morgan fingerprint density at radius 3 is 2.64 bits per heavy atom. The summed E-state index contributed by atoms with van der Waals surface area (Å²) < 4.78 is 0. The van der Waals surface area contributed by atoms with Gasteiger partial charge in [-0.05, 0) is 27.2 Å². The molecule has 1 N–H and O–H groups in total. The van der Waals surface area contributed by atoms with Crippen molar-refractivity contribution in [2.75, 3.05) is 13.1 Å². The first-order valence-electron chi connectivity index (χ1n) is 4.88. The van der Waals surface area contributed by atoms with E-state index in [1.165, 1.54) is 0 Å². The van der Waals surface area contributed by atoms with Crippen molar-refractivity contribution in [2.24, 2.45) is 0 Å². The highest BCUT2D eigenvalue weighted by molar-refractivity contribution is 5.79. The van der Waals surface area contributed by atoms with E-state index in [1.54, 1.807) is 4.90 Å². The van der Waals surface area contributed by atoms with Gasteiger partial charge in [0, 0.05) is 12.1 Å². The van der Waals surface area contributed by atoms with Crippen molar-refractivity contribution in [3.63, 3.8) is 0 Å². The number of hydrogen-bond acceptors (Lipinski definition) is 3. The Morgan fingerprint density at radius 1 is 1.64 bits per heavy atom. The third-order valence-electron chi connectivity index (χ3n) is 2.26. The van der Waals surface area contributed by atoms with Crippen molar-refractivity contribution in [2.45, 2.75) is 38.8 Å². The van der Waals surface area contributed by atoms with Crippen LogP contribution in [0, 0.1) is 11.3 Å². The molecular weight excluding hydrogens is 178 g/mol. The van der Waals surface area contributed by atoms with Gasteiger partial charge in [-0.25, -0.2) is 0 Å². The lowest BCUT2D eigenvalue weighted by atomic mass is 10.0. The van der Waals surface area contributed by atoms with Crippen molar-refractivity contribution in [1.82, 2.24) is 10.2 Å². The molecule has 0 aromatic rings. The Balaban J connectivity index is 2.33. The lowest BCUT2D eigenvalue weighted by Gasteiger charge is -2.37. The minimum absolute atomic E-state index is 0.0257. The highest BCUT2D eigenvalue weighted by atomic mass is 16.2. The van der Waals surface area contributed by atoms with Crippen LogP contribution in [0.25, 0.3) is 0 Å². The van der Waals surface area contributed by atoms with Crippen LogP contribution in [0.1, 0.15) is 27.2 Å². The highest BCUT2D eigenvalue weighted by Crippen LogP contribution is 2.16. The summed E-state index contributed by atoms with van der Waals surface area (Å²) in [6, 6.07) is 1.92. The van der Waals surface area contributed by atoms with Crippen LogP contribution >= 0.6 is 0 Å². The molecule has 1 aliphatic rings. The number of amides is 1. The molecule has 0 spiro atoms. The number of hydrogen-bond donors (Lipinski definition) is 1. The zero-order chi connectivity index (χ0) is 10.8. The summed E-state index contributed by atoms with van der Waals surface area (Å²) in [5, 5.41) is 11.8. The van der Waals surface area contributed by atoms with Crippen molar-refractivity contribution in [3.8, 4) is 6.07 Å². The molecule has 0 saturated carbocycles. The number of likely N-dealkylation sites (tertiary alicyclic amines) is 1. The fourth-order valence-electron chi connectivity index (χ4n) is 1.26. The Hall–Kier alpha value is -1.08. The highest BCUT2D eigenvalue weighted by Gasteiger charge is 2.31. The molecule has 1 heterocycles. The molecule has 78 valence electrons. The molecule has 0 aliphatic carbocycles. The summed E-state index contributed by atoms with van der Waals surface area (Å²) in [6.45, 7) is 7.08. The van der Waals surface area contributed by atoms with E-state index in [2.05, 4.69) is 11.4 Å². The van der Waals surface area contributed by atoms with E-state index in [0.29, 0.717) is 6.54 Å². The van der Waals surface area contributed by atoms with Crippen molar-refractivity contribution in [3.05, 3.63) is 0 Å². The van der Waals surface area contributed by atoms with Crippen molar-refractivity contribution < 1.29 is 4.79 Å². The van der Waals surface area contributed by atoms with Crippen LogP contribution in [0.15, 0.2) is 0 Å². The van der Waals surface area contributed by atoms with E-state index in [9.17, 15) is 4.79 Å². The molecule has 1 amide bonds. The van der Waals surface area contributed by atoms with Gasteiger partial charge in [0.05, 0.1) is 12.6 Å². The van der Waals surface area contributed by atoms with Crippen LogP contribution in [-0.2, 0) is 4.79 Å². The average Bonchev–Trinajstić information content (AvgIpc) is 1.98. The Bertz CT molecular complexity index is 262. The molecule has 0 unspecified atom stereocenters. The molecule has 0 aromatic heterocycles. The standard InChI is InChI=1S/C10H17N3O/c1-10(2,3)12-7-9(14)13-5-4-8(13)6-11/h8,12H,4-5,7H2,1-3H3/t8-/m0/s1. The largest absolute Gasteiger partial charge is 0.325 e. The molecule has 4 heteroatoms. The molecule has 1 rings (SSSR count). The fraction of sp³-hybridized carbons (Fsp3) is 0.800. The molecule has 1 saturated heterocycles. The number of carbonyl (C=O) groups excluding carboxylic acids is 1. The van der Waals surface area contributed by atoms with E-state index >= 15 is 0 Å². The summed E-state index contributed by atoms with van der Waals surface area (Å²) in [5.74, 6) is 0.0257. The smallest absolute Gasteiger partial charge is 0.237 e. The van der Waals surface area contributed by atoms with Gasteiger partial charge >= 0.3 is 0 Å². The Labute approximate surface area is 84.9 Å². The summed E-state index contributed by atoms with van der Waals surface area (Å²) in [4.78, 5) is 13.2. The SMILES string of the molecule is CC(C)(C)NCC(=O)N1CC[C@H]1C#N. The quantitative estimate of drug-likeness (QED) is 0.698. The predicted octanol–water partition coefficient (Wildman–Crippen LogP) is 0.499. The summed E-state index contributed by atoms with van der Waals surface area (Å²) >= 11 is 0. The van der Waals surface area contributed by atoms with Crippen LogP contribution in [0.5, 0.6) is 0 Å². The maximum absolute atomic E-state index is 11.6. The van der Waals surface area contributed by atoms with Gasteiger partial charge in [-0.2, -0.15) is 5.26 Å².